The van der Waals surface area contributed by atoms with Crippen LogP contribution < -0.4 is 4.74 Å². The number of rotatable bonds is 4. The Hall–Kier alpha value is -2.41. The second-order valence-corrected chi connectivity index (χ2v) is 10.4. The summed E-state index contributed by atoms with van der Waals surface area (Å²) < 4.78 is 6.24. The van der Waals surface area contributed by atoms with Crippen LogP contribution in [0.1, 0.15) is 67.0 Å². The molecule has 0 radical (unpaired) electrons. The number of fused-ring (bicyclic) bond motifs is 1. The zero-order valence-corrected chi connectivity index (χ0v) is 21.2. The molecular formula is C26H37N3O3S. The predicted octanol–water partition coefficient (Wildman–Crippen LogP) is 4.96. The number of thiazole rings is 1. The normalized spacial score (nSPS) is 18.6. The highest BCUT2D eigenvalue weighted by Crippen LogP contribution is 2.23. The summed E-state index contributed by atoms with van der Waals surface area (Å²) in [4.78, 5) is 34.7. The van der Waals surface area contributed by atoms with Gasteiger partial charge in [-0.15, -0.1) is 11.3 Å². The molecule has 0 unspecified atom stereocenters. The molecule has 1 aliphatic rings. The highest BCUT2D eigenvalue weighted by atomic mass is 32.1. The van der Waals surface area contributed by atoms with Gasteiger partial charge in [0.2, 0.25) is 5.91 Å². The fourth-order valence-electron chi connectivity index (χ4n) is 4.33. The predicted molar refractivity (Wildman–Crippen MR) is 133 cm³/mol. The Morgan fingerprint density at radius 3 is 2.61 bits per heavy atom. The molecule has 6 nitrogen and oxygen atoms in total. The Morgan fingerprint density at radius 1 is 1.18 bits per heavy atom. The minimum Gasteiger partial charge on any atom is -0.491 e. The SMILES string of the molecule is Cc1nc(CC(=O)N2CCCCCCN(C)C(=O)c3ccccc3OC[C@@H]2CC(C)C)cs1. The highest BCUT2D eigenvalue weighted by molar-refractivity contribution is 7.09. The Bertz CT molecular complexity index is 927. The van der Waals surface area contributed by atoms with Crippen molar-refractivity contribution >= 4 is 23.2 Å². The van der Waals surface area contributed by atoms with E-state index in [0.717, 1.165) is 55.9 Å². The van der Waals surface area contributed by atoms with Crippen molar-refractivity contribution < 1.29 is 14.3 Å². The van der Waals surface area contributed by atoms with Crippen molar-refractivity contribution in [1.29, 1.82) is 0 Å². The van der Waals surface area contributed by atoms with E-state index >= 15 is 0 Å². The van der Waals surface area contributed by atoms with Crippen LogP contribution >= 0.6 is 11.3 Å². The molecule has 0 saturated carbocycles. The lowest BCUT2D eigenvalue weighted by Crippen LogP contribution is -2.46. The largest absolute Gasteiger partial charge is 0.491 e. The summed E-state index contributed by atoms with van der Waals surface area (Å²) in [5.74, 6) is 1.08. The molecule has 2 amide bonds. The molecule has 1 aromatic heterocycles. The van der Waals surface area contributed by atoms with E-state index in [-0.39, 0.29) is 17.9 Å². The third kappa shape index (κ3) is 7.29. The number of benzene rings is 1. The molecule has 7 heteroatoms. The third-order valence-corrected chi connectivity index (χ3v) is 6.86. The summed E-state index contributed by atoms with van der Waals surface area (Å²) in [6, 6.07) is 7.38. The summed E-state index contributed by atoms with van der Waals surface area (Å²) in [6.07, 6.45) is 5.14. The third-order valence-electron chi connectivity index (χ3n) is 6.04. The number of amides is 2. The molecule has 2 aromatic rings. The fraction of sp³-hybridized carbons (Fsp3) is 0.577. The van der Waals surface area contributed by atoms with E-state index in [1.54, 1.807) is 16.2 Å². The molecule has 1 atom stereocenters. The van der Waals surface area contributed by atoms with E-state index < -0.39 is 0 Å². The number of aryl methyl sites for hydroxylation is 1. The van der Waals surface area contributed by atoms with Gasteiger partial charge in [0.1, 0.15) is 12.4 Å². The molecule has 0 N–H and O–H groups in total. The number of ether oxygens (including phenoxy) is 1. The Morgan fingerprint density at radius 2 is 1.91 bits per heavy atom. The first kappa shape index (κ1) is 25.2. The number of hydrogen-bond acceptors (Lipinski definition) is 5. The Balaban J connectivity index is 1.86. The molecular weight excluding hydrogens is 434 g/mol. The highest BCUT2D eigenvalue weighted by Gasteiger charge is 2.27. The molecule has 180 valence electrons. The topological polar surface area (TPSA) is 62.7 Å². The van der Waals surface area contributed by atoms with Crippen LogP contribution in [-0.2, 0) is 11.2 Å². The van der Waals surface area contributed by atoms with Gasteiger partial charge in [0.15, 0.2) is 0 Å². The lowest BCUT2D eigenvalue weighted by molar-refractivity contribution is -0.134. The van der Waals surface area contributed by atoms with Crippen molar-refractivity contribution in [3.05, 3.63) is 45.9 Å². The zero-order valence-electron chi connectivity index (χ0n) is 20.4. The van der Waals surface area contributed by atoms with Gasteiger partial charge in [-0.1, -0.05) is 38.8 Å². The van der Waals surface area contributed by atoms with Crippen LogP contribution in [0.15, 0.2) is 29.6 Å². The number of nitrogens with zero attached hydrogens (tertiary/aromatic N) is 3. The monoisotopic (exact) mass is 471 g/mol. The van der Waals surface area contributed by atoms with E-state index in [9.17, 15) is 9.59 Å². The van der Waals surface area contributed by atoms with Crippen LogP contribution in [0.2, 0.25) is 0 Å². The van der Waals surface area contributed by atoms with Crippen molar-refractivity contribution in [2.45, 2.75) is 65.3 Å². The number of para-hydroxylation sites is 1. The van der Waals surface area contributed by atoms with Crippen molar-refractivity contribution in [3.63, 3.8) is 0 Å². The van der Waals surface area contributed by atoms with E-state index in [0.29, 0.717) is 30.3 Å². The van der Waals surface area contributed by atoms with Crippen molar-refractivity contribution in [3.8, 4) is 5.75 Å². The number of carbonyl (C=O) groups is 2. The van der Waals surface area contributed by atoms with Crippen molar-refractivity contribution in [2.24, 2.45) is 5.92 Å². The standard InChI is InChI=1S/C26H37N3O3S/c1-19(2)15-22-17-32-24-12-8-7-11-23(24)26(31)28(4)13-9-5-6-10-14-29(22)25(30)16-21-18-33-20(3)27-21/h7-8,11-12,18-19,22H,5-6,9-10,13-17H2,1-4H3/t22-/m0/s1. The average Bonchev–Trinajstić information content (AvgIpc) is 3.19. The van der Waals surface area contributed by atoms with Gasteiger partial charge in [-0.2, -0.15) is 0 Å². The van der Waals surface area contributed by atoms with Crippen LogP contribution in [0.3, 0.4) is 0 Å². The molecule has 1 aliphatic heterocycles. The molecule has 0 saturated heterocycles. The number of carbonyl (C=O) groups excluding carboxylic acids is 2. The van der Waals surface area contributed by atoms with Gasteiger partial charge in [-0.05, 0) is 44.2 Å². The quantitative estimate of drug-likeness (QED) is 0.632. The first-order valence-electron chi connectivity index (χ1n) is 12.0. The van der Waals surface area contributed by atoms with Gasteiger partial charge in [-0.3, -0.25) is 9.59 Å². The van der Waals surface area contributed by atoms with Gasteiger partial charge in [0.25, 0.3) is 5.91 Å². The molecule has 0 aliphatic carbocycles. The van der Waals surface area contributed by atoms with Crippen molar-refractivity contribution in [1.82, 2.24) is 14.8 Å². The lowest BCUT2D eigenvalue weighted by atomic mass is 10.0. The van der Waals surface area contributed by atoms with E-state index in [2.05, 4.69) is 18.8 Å². The summed E-state index contributed by atoms with van der Waals surface area (Å²) in [5.41, 5.74) is 1.42. The maximum atomic E-state index is 13.4. The minimum absolute atomic E-state index is 0.0186. The van der Waals surface area contributed by atoms with Crippen LogP contribution in [-0.4, -0.2) is 59.4 Å². The van der Waals surface area contributed by atoms with E-state index in [4.69, 9.17) is 4.74 Å². The van der Waals surface area contributed by atoms with Gasteiger partial charge >= 0.3 is 0 Å². The van der Waals surface area contributed by atoms with E-state index in [1.807, 2.05) is 48.5 Å². The van der Waals surface area contributed by atoms with Crippen LogP contribution in [0.5, 0.6) is 5.75 Å². The Kier molecular flexibility index (Phi) is 9.30. The summed E-state index contributed by atoms with van der Waals surface area (Å²) >= 11 is 1.58. The zero-order chi connectivity index (χ0) is 23.8. The maximum Gasteiger partial charge on any atom is 0.257 e. The molecule has 0 spiro atoms. The van der Waals surface area contributed by atoms with E-state index in [1.165, 1.54) is 0 Å². The molecule has 3 rings (SSSR count). The van der Waals surface area contributed by atoms with Crippen molar-refractivity contribution in [2.75, 3.05) is 26.7 Å². The van der Waals surface area contributed by atoms with Gasteiger partial charge in [0, 0.05) is 25.5 Å². The van der Waals surface area contributed by atoms with Gasteiger partial charge < -0.3 is 14.5 Å². The molecule has 1 aromatic carbocycles. The van der Waals surface area contributed by atoms with Crippen LogP contribution in [0, 0.1) is 12.8 Å². The first-order chi connectivity index (χ1) is 15.8. The summed E-state index contributed by atoms with van der Waals surface area (Å²) in [5, 5.41) is 2.95. The fourth-order valence-corrected chi connectivity index (χ4v) is 4.95. The van der Waals surface area contributed by atoms with Gasteiger partial charge in [0.05, 0.1) is 28.7 Å². The lowest BCUT2D eigenvalue weighted by Gasteiger charge is -2.33. The molecule has 0 fully saturated rings. The number of hydrogen-bond donors (Lipinski definition) is 0. The first-order valence-corrected chi connectivity index (χ1v) is 12.9. The maximum absolute atomic E-state index is 13.4. The molecule has 33 heavy (non-hydrogen) atoms. The summed E-state index contributed by atoms with van der Waals surface area (Å²) in [6.45, 7) is 8.11. The molecule has 0 bridgehead atoms. The average molecular weight is 472 g/mol. The Labute approximate surface area is 202 Å². The smallest absolute Gasteiger partial charge is 0.257 e. The minimum atomic E-state index is -0.0546. The number of aromatic nitrogens is 1. The molecule has 2 heterocycles. The summed E-state index contributed by atoms with van der Waals surface area (Å²) in [7, 11) is 1.85. The second-order valence-electron chi connectivity index (χ2n) is 9.35. The van der Waals surface area contributed by atoms with Crippen LogP contribution in [0.25, 0.3) is 0 Å². The second kappa shape index (κ2) is 12.2. The van der Waals surface area contributed by atoms with Gasteiger partial charge in [-0.25, -0.2) is 4.98 Å². The van der Waals surface area contributed by atoms with Crippen LogP contribution in [0.4, 0.5) is 0 Å².